The molecular formula is C24H28ClNO4. The van der Waals surface area contributed by atoms with E-state index >= 15 is 0 Å². The maximum atomic E-state index is 13.0. The van der Waals surface area contributed by atoms with Crippen LogP contribution in [0.1, 0.15) is 71.9 Å². The van der Waals surface area contributed by atoms with E-state index in [1.165, 1.54) is 7.11 Å². The third kappa shape index (κ3) is 5.54. The summed E-state index contributed by atoms with van der Waals surface area (Å²) < 4.78 is 10.9. The lowest BCUT2D eigenvalue weighted by Gasteiger charge is -2.27. The number of ether oxygens (including phenoxy) is 2. The van der Waals surface area contributed by atoms with Crippen LogP contribution in [0, 0.1) is 5.92 Å². The summed E-state index contributed by atoms with van der Waals surface area (Å²) in [5.74, 6) is 0.645. The molecule has 5 nitrogen and oxygen atoms in total. The summed E-state index contributed by atoms with van der Waals surface area (Å²) in [7, 11) is 1.34. The van der Waals surface area contributed by atoms with E-state index in [4.69, 9.17) is 21.1 Å². The van der Waals surface area contributed by atoms with Gasteiger partial charge in [0.1, 0.15) is 5.75 Å². The van der Waals surface area contributed by atoms with Crippen molar-refractivity contribution in [3.8, 4) is 5.75 Å². The molecule has 160 valence electrons. The van der Waals surface area contributed by atoms with Gasteiger partial charge in [-0.15, -0.1) is 0 Å². The number of hydrogen-bond acceptors (Lipinski definition) is 4. The number of hydrogen-bond donors (Lipinski definition) is 1. The number of halogens is 1. The zero-order chi connectivity index (χ0) is 21.7. The molecule has 1 atom stereocenters. The third-order valence-electron chi connectivity index (χ3n) is 5.62. The second-order valence-corrected chi connectivity index (χ2v) is 8.39. The first kappa shape index (κ1) is 22.2. The van der Waals surface area contributed by atoms with Crippen LogP contribution in [-0.4, -0.2) is 25.1 Å². The molecule has 0 radical (unpaired) electrons. The smallest absolute Gasteiger partial charge is 0.337 e. The average molecular weight is 430 g/mol. The largest absolute Gasteiger partial charge is 0.490 e. The Morgan fingerprint density at radius 3 is 2.37 bits per heavy atom. The van der Waals surface area contributed by atoms with Crippen LogP contribution in [0.2, 0.25) is 5.02 Å². The second kappa shape index (κ2) is 9.98. The van der Waals surface area contributed by atoms with Crippen LogP contribution >= 0.6 is 11.6 Å². The zero-order valence-electron chi connectivity index (χ0n) is 17.6. The quantitative estimate of drug-likeness (QED) is 0.609. The van der Waals surface area contributed by atoms with E-state index in [0.717, 1.165) is 37.2 Å². The van der Waals surface area contributed by atoms with Crippen molar-refractivity contribution in [3.05, 3.63) is 64.2 Å². The number of nitrogens with one attached hydrogen (secondary N) is 1. The molecule has 1 fully saturated rings. The van der Waals surface area contributed by atoms with Gasteiger partial charge in [0, 0.05) is 5.02 Å². The maximum absolute atomic E-state index is 13.0. The zero-order valence-corrected chi connectivity index (χ0v) is 18.4. The van der Waals surface area contributed by atoms with Gasteiger partial charge in [0.2, 0.25) is 0 Å². The van der Waals surface area contributed by atoms with E-state index in [2.05, 4.69) is 12.2 Å². The Kier molecular flexibility index (Phi) is 7.38. The molecule has 0 aliphatic heterocycles. The molecule has 0 bridgehead atoms. The summed E-state index contributed by atoms with van der Waals surface area (Å²) in [6, 6.07) is 11.9. The normalized spacial score (nSPS) is 19.6. The first-order chi connectivity index (χ1) is 14.4. The van der Waals surface area contributed by atoms with Crippen LogP contribution in [-0.2, 0) is 4.74 Å². The highest BCUT2D eigenvalue weighted by Crippen LogP contribution is 2.30. The molecule has 0 unspecified atom stereocenters. The van der Waals surface area contributed by atoms with Gasteiger partial charge in [-0.3, -0.25) is 4.79 Å². The number of carbonyl (C=O) groups is 2. The number of amides is 1. The molecule has 1 N–H and O–H groups in total. The summed E-state index contributed by atoms with van der Waals surface area (Å²) in [6.45, 7) is 4.15. The molecule has 2 aromatic carbocycles. The molecule has 0 aromatic heterocycles. The molecule has 3 rings (SSSR count). The van der Waals surface area contributed by atoms with E-state index in [9.17, 15) is 9.59 Å². The van der Waals surface area contributed by atoms with E-state index < -0.39 is 5.97 Å². The van der Waals surface area contributed by atoms with Gasteiger partial charge >= 0.3 is 5.97 Å². The van der Waals surface area contributed by atoms with Crippen molar-refractivity contribution >= 4 is 23.5 Å². The standard InChI is InChI=1S/C24H28ClNO4/c1-15-4-11-20(12-5-15)30-22-13-10-19(25)14-21(22)23(27)26-16(2)17-6-8-18(9-7-17)24(28)29-3/h6-10,13-16,20H,4-5,11-12H2,1-3H3,(H,26,27)/t15-,16-,20-/m0/s1. The summed E-state index contributed by atoms with van der Waals surface area (Å²) in [4.78, 5) is 24.6. The SMILES string of the molecule is COC(=O)c1ccc([C@H](C)NC(=O)c2cc(Cl)ccc2O[C@H]2CC[C@H](C)CC2)cc1. The fourth-order valence-corrected chi connectivity index (χ4v) is 3.86. The van der Waals surface area contributed by atoms with Crippen LogP contribution in [0.3, 0.4) is 0 Å². The fourth-order valence-electron chi connectivity index (χ4n) is 3.69. The lowest BCUT2D eigenvalue weighted by atomic mass is 9.89. The third-order valence-corrected chi connectivity index (χ3v) is 5.86. The van der Waals surface area contributed by atoms with Crippen LogP contribution < -0.4 is 10.1 Å². The molecule has 0 heterocycles. The van der Waals surface area contributed by atoms with Gasteiger partial charge in [-0.1, -0.05) is 30.7 Å². The number of methoxy groups -OCH3 is 1. The minimum atomic E-state index is -0.393. The van der Waals surface area contributed by atoms with Gasteiger partial charge < -0.3 is 14.8 Å². The fraction of sp³-hybridized carbons (Fsp3) is 0.417. The Morgan fingerprint density at radius 1 is 1.07 bits per heavy atom. The van der Waals surface area contributed by atoms with Gasteiger partial charge in [0.05, 0.1) is 30.4 Å². The Labute approximate surface area is 182 Å². The Balaban J connectivity index is 1.71. The molecule has 1 aliphatic carbocycles. The van der Waals surface area contributed by atoms with E-state index in [1.54, 1.807) is 42.5 Å². The van der Waals surface area contributed by atoms with Crippen molar-refractivity contribution in [3.63, 3.8) is 0 Å². The Hall–Kier alpha value is -2.53. The highest BCUT2D eigenvalue weighted by molar-refractivity contribution is 6.31. The molecule has 30 heavy (non-hydrogen) atoms. The van der Waals surface area contributed by atoms with Gasteiger partial charge in [0.15, 0.2) is 0 Å². The Bertz CT molecular complexity index is 889. The summed E-state index contributed by atoms with van der Waals surface area (Å²) >= 11 is 6.16. The summed E-state index contributed by atoms with van der Waals surface area (Å²) in [5.41, 5.74) is 1.77. The van der Waals surface area contributed by atoms with Gasteiger partial charge in [-0.05, 0) is 74.4 Å². The molecule has 2 aromatic rings. The van der Waals surface area contributed by atoms with Crippen molar-refractivity contribution in [1.82, 2.24) is 5.32 Å². The van der Waals surface area contributed by atoms with Crippen molar-refractivity contribution < 1.29 is 19.1 Å². The molecular weight excluding hydrogens is 402 g/mol. The molecule has 6 heteroatoms. The van der Waals surface area contributed by atoms with Crippen LogP contribution in [0.15, 0.2) is 42.5 Å². The number of esters is 1. The van der Waals surface area contributed by atoms with Crippen molar-refractivity contribution in [2.75, 3.05) is 7.11 Å². The van der Waals surface area contributed by atoms with Gasteiger partial charge in [-0.2, -0.15) is 0 Å². The average Bonchev–Trinajstić information content (AvgIpc) is 2.76. The van der Waals surface area contributed by atoms with Gasteiger partial charge in [-0.25, -0.2) is 4.79 Å². The van der Waals surface area contributed by atoms with Crippen LogP contribution in [0.5, 0.6) is 5.75 Å². The number of rotatable bonds is 6. The lowest BCUT2D eigenvalue weighted by molar-refractivity contribution is 0.0600. The first-order valence-corrected chi connectivity index (χ1v) is 10.7. The van der Waals surface area contributed by atoms with Crippen molar-refractivity contribution in [2.24, 2.45) is 5.92 Å². The summed E-state index contributed by atoms with van der Waals surface area (Å²) in [6.07, 6.45) is 4.38. The lowest BCUT2D eigenvalue weighted by Crippen LogP contribution is -2.28. The highest BCUT2D eigenvalue weighted by atomic mass is 35.5. The predicted octanol–water partition coefficient (Wildman–Crippen LogP) is 5.58. The predicted molar refractivity (Wildman–Crippen MR) is 117 cm³/mol. The van der Waals surface area contributed by atoms with Crippen molar-refractivity contribution in [1.29, 1.82) is 0 Å². The maximum Gasteiger partial charge on any atom is 0.337 e. The molecule has 0 saturated heterocycles. The van der Waals surface area contributed by atoms with E-state index in [-0.39, 0.29) is 18.1 Å². The van der Waals surface area contributed by atoms with Crippen molar-refractivity contribution in [2.45, 2.75) is 51.7 Å². The van der Waals surface area contributed by atoms with Gasteiger partial charge in [0.25, 0.3) is 5.91 Å². The highest BCUT2D eigenvalue weighted by Gasteiger charge is 2.23. The Morgan fingerprint density at radius 2 is 1.73 bits per heavy atom. The first-order valence-electron chi connectivity index (χ1n) is 10.3. The number of benzene rings is 2. The molecule has 1 saturated carbocycles. The summed E-state index contributed by atoms with van der Waals surface area (Å²) in [5, 5.41) is 3.48. The number of carbonyl (C=O) groups excluding carboxylic acids is 2. The molecule has 1 amide bonds. The minimum Gasteiger partial charge on any atom is -0.490 e. The van der Waals surface area contributed by atoms with E-state index in [0.29, 0.717) is 21.9 Å². The monoisotopic (exact) mass is 429 g/mol. The second-order valence-electron chi connectivity index (χ2n) is 7.95. The topological polar surface area (TPSA) is 64.6 Å². The van der Waals surface area contributed by atoms with Crippen LogP contribution in [0.4, 0.5) is 0 Å². The minimum absolute atomic E-state index is 0.122. The molecule has 0 spiro atoms. The van der Waals surface area contributed by atoms with E-state index in [1.807, 2.05) is 6.92 Å². The molecule has 1 aliphatic rings. The van der Waals surface area contributed by atoms with Crippen LogP contribution in [0.25, 0.3) is 0 Å².